The molecule has 0 aliphatic carbocycles. The summed E-state index contributed by atoms with van der Waals surface area (Å²) in [7, 11) is 0. The van der Waals surface area contributed by atoms with Crippen LogP contribution in [0.15, 0.2) is 35.1 Å². The molecule has 1 aliphatic heterocycles. The van der Waals surface area contributed by atoms with E-state index >= 15 is 0 Å². The molecule has 6 nitrogen and oxygen atoms in total. The van der Waals surface area contributed by atoms with Crippen molar-refractivity contribution in [3.05, 3.63) is 47.3 Å². The van der Waals surface area contributed by atoms with E-state index in [4.69, 9.17) is 9.26 Å². The zero-order valence-electron chi connectivity index (χ0n) is 13.3. The highest BCUT2D eigenvalue weighted by molar-refractivity contribution is 5.95. The molecular weight excluding hydrogens is 296 g/mol. The number of nitrogens with zero attached hydrogens (tertiary/aromatic N) is 2. The van der Waals surface area contributed by atoms with Crippen molar-refractivity contribution in [2.24, 2.45) is 0 Å². The highest BCUT2D eigenvalue weighted by Gasteiger charge is 2.39. The molecule has 1 aromatic carbocycles. The maximum Gasteiger partial charge on any atom is 0.259 e. The smallest absolute Gasteiger partial charge is 0.259 e. The molecule has 1 amide bonds. The van der Waals surface area contributed by atoms with E-state index in [1.54, 1.807) is 11.8 Å². The molecule has 122 valence electrons. The first kappa shape index (κ1) is 15.6. The lowest BCUT2D eigenvalue weighted by Crippen LogP contribution is -2.40. The summed E-state index contributed by atoms with van der Waals surface area (Å²) in [5, 5.41) is 14.4. The number of amides is 1. The molecular formula is C17H20N2O4. The van der Waals surface area contributed by atoms with Crippen LogP contribution in [-0.4, -0.2) is 46.4 Å². The predicted molar refractivity (Wildman–Crippen MR) is 83.4 cm³/mol. The summed E-state index contributed by atoms with van der Waals surface area (Å²) in [6, 6.07) is 7.67. The number of β-amino-alcohol motifs (C(OH)–C–C–N with tert-alkyl or cyclic N) is 1. The van der Waals surface area contributed by atoms with Gasteiger partial charge in [0.25, 0.3) is 5.91 Å². The van der Waals surface area contributed by atoms with Gasteiger partial charge in [-0.15, -0.1) is 0 Å². The van der Waals surface area contributed by atoms with E-state index in [1.807, 2.05) is 31.2 Å². The lowest BCUT2D eigenvalue weighted by atomic mass is 10.1. The Morgan fingerprint density at radius 1 is 1.48 bits per heavy atom. The van der Waals surface area contributed by atoms with Crippen LogP contribution in [0, 0.1) is 13.8 Å². The molecule has 1 saturated heterocycles. The van der Waals surface area contributed by atoms with E-state index in [2.05, 4.69) is 5.16 Å². The fourth-order valence-electron chi connectivity index (χ4n) is 2.74. The summed E-state index contributed by atoms with van der Waals surface area (Å²) in [4.78, 5) is 14.0. The lowest BCUT2D eigenvalue weighted by molar-refractivity contribution is 0.00428. The van der Waals surface area contributed by atoms with Gasteiger partial charge in [0.2, 0.25) is 0 Å². The van der Waals surface area contributed by atoms with Crippen molar-refractivity contribution >= 4 is 5.91 Å². The second-order valence-corrected chi connectivity index (χ2v) is 6.12. The number of aryl methyl sites for hydroxylation is 2. The van der Waals surface area contributed by atoms with Gasteiger partial charge in [0.1, 0.15) is 29.8 Å². The van der Waals surface area contributed by atoms with Gasteiger partial charge in [-0.3, -0.25) is 4.79 Å². The molecule has 1 atom stereocenters. The quantitative estimate of drug-likeness (QED) is 0.933. The SMILES string of the molecule is Cc1cccc(OC[C@@]2(O)CCN(C(=O)c3conc3C)C2)c1. The Bertz CT molecular complexity index is 712. The molecule has 0 spiro atoms. The highest BCUT2D eigenvalue weighted by atomic mass is 16.5. The maximum absolute atomic E-state index is 12.4. The molecule has 0 saturated carbocycles. The zero-order chi connectivity index (χ0) is 16.4. The maximum atomic E-state index is 12.4. The van der Waals surface area contributed by atoms with Crippen molar-refractivity contribution in [1.82, 2.24) is 10.1 Å². The van der Waals surface area contributed by atoms with Crippen LogP contribution < -0.4 is 4.74 Å². The van der Waals surface area contributed by atoms with Crippen molar-refractivity contribution in [2.45, 2.75) is 25.9 Å². The number of aliphatic hydroxyl groups is 1. The Hall–Kier alpha value is -2.34. The minimum atomic E-state index is -1.04. The first-order valence-corrected chi connectivity index (χ1v) is 7.59. The average Bonchev–Trinajstić information content (AvgIpc) is 3.12. The monoisotopic (exact) mass is 316 g/mol. The van der Waals surface area contributed by atoms with Gasteiger partial charge in [0, 0.05) is 6.54 Å². The summed E-state index contributed by atoms with van der Waals surface area (Å²) in [5.74, 6) is 0.549. The van der Waals surface area contributed by atoms with Gasteiger partial charge in [-0.05, 0) is 38.0 Å². The van der Waals surface area contributed by atoms with E-state index in [0.717, 1.165) is 11.3 Å². The Balaban J connectivity index is 1.62. The second kappa shape index (κ2) is 6.04. The van der Waals surface area contributed by atoms with Gasteiger partial charge >= 0.3 is 0 Å². The molecule has 0 radical (unpaired) electrons. The molecule has 2 aromatic rings. The van der Waals surface area contributed by atoms with E-state index < -0.39 is 5.60 Å². The van der Waals surface area contributed by atoms with Crippen molar-refractivity contribution in [3.8, 4) is 5.75 Å². The molecule has 1 fully saturated rings. The molecule has 2 heterocycles. The number of carbonyl (C=O) groups is 1. The minimum absolute atomic E-state index is 0.156. The normalized spacial score (nSPS) is 20.7. The Labute approximate surface area is 134 Å². The molecule has 23 heavy (non-hydrogen) atoms. The van der Waals surface area contributed by atoms with Gasteiger partial charge in [-0.25, -0.2) is 0 Å². The van der Waals surface area contributed by atoms with Crippen LogP contribution in [0.5, 0.6) is 5.75 Å². The summed E-state index contributed by atoms with van der Waals surface area (Å²) >= 11 is 0. The number of ether oxygens (including phenoxy) is 1. The van der Waals surface area contributed by atoms with Crippen LogP contribution >= 0.6 is 0 Å². The van der Waals surface area contributed by atoms with E-state index in [9.17, 15) is 9.90 Å². The van der Waals surface area contributed by atoms with Gasteiger partial charge in [0.05, 0.1) is 12.2 Å². The third-order valence-corrected chi connectivity index (χ3v) is 4.10. The van der Waals surface area contributed by atoms with Crippen LogP contribution in [0.4, 0.5) is 0 Å². The van der Waals surface area contributed by atoms with Gasteiger partial charge < -0.3 is 19.3 Å². The highest BCUT2D eigenvalue weighted by Crippen LogP contribution is 2.25. The summed E-state index contributed by atoms with van der Waals surface area (Å²) < 4.78 is 10.5. The Kier molecular flexibility index (Phi) is 4.09. The molecule has 3 rings (SSSR count). The number of rotatable bonds is 4. The first-order valence-electron chi connectivity index (χ1n) is 7.59. The summed E-state index contributed by atoms with van der Waals surface area (Å²) in [5.41, 5.74) is 1.06. The standard InChI is InChI=1S/C17H20N2O4/c1-12-4-3-5-14(8-12)22-11-17(21)6-7-19(10-17)16(20)15-9-23-18-13(15)2/h3-5,8-9,21H,6-7,10-11H2,1-2H3/t17-/m1/s1. The van der Waals surface area contributed by atoms with Crippen molar-refractivity contribution in [3.63, 3.8) is 0 Å². The number of likely N-dealkylation sites (tertiary alicyclic amines) is 1. The largest absolute Gasteiger partial charge is 0.491 e. The van der Waals surface area contributed by atoms with Crippen LogP contribution in [0.2, 0.25) is 0 Å². The number of hydrogen-bond acceptors (Lipinski definition) is 5. The third-order valence-electron chi connectivity index (χ3n) is 4.10. The predicted octanol–water partition coefficient (Wildman–Crippen LogP) is 1.95. The molecule has 1 aromatic heterocycles. The van der Waals surface area contributed by atoms with E-state index in [1.165, 1.54) is 6.26 Å². The third kappa shape index (κ3) is 3.37. The fourth-order valence-corrected chi connectivity index (χ4v) is 2.74. The van der Waals surface area contributed by atoms with Gasteiger partial charge in [0.15, 0.2) is 0 Å². The molecule has 1 N–H and O–H groups in total. The number of carbonyl (C=O) groups excluding carboxylic acids is 1. The number of hydrogen-bond donors (Lipinski definition) is 1. The van der Waals surface area contributed by atoms with Gasteiger partial charge in [-0.1, -0.05) is 17.3 Å². The van der Waals surface area contributed by atoms with Crippen molar-refractivity contribution < 1.29 is 19.2 Å². The molecule has 1 aliphatic rings. The zero-order valence-corrected chi connectivity index (χ0v) is 13.3. The fraction of sp³-hybridized carbons (Fsp3) is 0.412. The first-order chi connectivity index (χ1) is 11.0. The van der Waals surface area contributed by atoms with Crippen LogP contribution in [-0.2, 0) is 0 Å². The van der Waals surface area contributed by atoms with Crippen molar-refractivity contribution in [1.29, 1.82) is 0 Å². The van der Waals surface area contributed by atoms with Gasteiger partial charge in [-0.2, -0.15) is 0 Å². The van der Waals surface area contributed by atoms with Crippen LogP contribution in [0.1, 0.15) is 28.0 Å². The van der Waals surface area contributed by atoms with E-state index in [0.29, 0.717) is 24.2 Å². The topological polar surface area (TPSA) is 75.8 Å². The number of aromatic nitrogens is 1. The molecule has 0 bridgehead atoms. The molecule has 6 heteroatoms. The minimum Gasteiger partial charge on any atom is -0.491 e. The Morgan fingerprint density at radius 2 is 2.30 bits per heavy atom. The van der Waals surface area contributed by atoms with Crippen LogP contribution in [0.3, 0.4) is 0 Å². The second-order valence-electron chi connectivity index (χ2n) is 6.12. The van der Waals surface area contributed by atoms with E-state index in [-0.39, 0.29) is 19.1 Å². The molecule has 0 unspecified atom stereocenters. The summed E-state index contributed by atoms with van der Waals surface area (Å²) in [6.07, 6.45) is 1.83. The summed E-state index contributed by atoms with van der Waals surface area (Å²) in [6.45, 7) is 4.58. The van der Waals surface area contributed by atoms with Crippen LogP contribution in [0.25, 0.3) is 0 Å². The Morgan fingerprint density at radius 3 is 3.00 bits per heavy atom. The average molecular weight is 316 g/mol. The number of benzene rings is 1. The lowest BCUT2D eigenvalue weighted by Gasteiger charge is -2.23. The van der Waals surface area contributed by atoms with Crippen molar-refractivity contribution in [2.75, 3.05) is 19.7 Å².